The maximum Gasteiger partial charge on any atom is 0.251 e. The molecule has 28 heavy (non-hydrogen) atoms. The minimum atomic E-state index is -0.0923. The lowest BCUT2D eigenvalue weighted by Crippen LogP contribution is -2.36. The number of nitrogens with zero attached hydrogens (tertiary/aromatic N) is 3. The molecule has 0 saturated carbocycles. The molecule has 0 spiro atoms. The van der Waals surface area contributed by atoms with Gasteiger partial charge in [-0.25, -0.2) is 9.97 Å². The first-order valence-corrected chi connectivity index (χ1v) is 10.3. The van der Waals surface area contributed by atoms with Crippen LogP contribution in [0.25, 0.3) is 0 Å². The molecule has 1 aliphatic rings. The largest absolute Gasteiger partial charge is 0.383 e. The second kappa shape index (κ2) is 10.4. The molecule has 1 N–H and O–H groups in total. The maximum atomic E-state index is 12.2. The molecule has 1 saturated heterocycles. The fourth-order valence-corrected chi connectivity index (χ4v) is 3.71. The van der Waals surface area contributed by atoms with Crippen LogP contribution < -0.4 is 10.2 Å². The van der Waals surface area contributed by atoms with Crippen LogP contribution in [0, 0.1) is 6.92 Å². The summed E-state index contributed by atoms with van der Waals surface area (Å²) in [5.41, 5.74) is 2.65. The summed E-state index contributed by atoms with van der Waals surface area (Å²) in [6, 6.07) is 9.65. The van der Waals surface area contributed by atoms with Gasteiger partial charge in [0.2, 0.25) is 0 Å². The third-order valence-electron chi connectivity index (χ3n) is 4.30. The Morgan fingerprint density at radius 2 is 2.11 bits per heavy atom. The third-order valence-corrected chi connectivity index (χ3v) is 5.22. The highest BCUT2D eigenvalue weighted by Crippen LogP contribution is 2.23. The first-order valence-electron chi connectivity index (χ1n) is 9.33. The number of nitrogens with one attached hydrogen (secondary N) is 1. The van der Waals surface area contributed by atoms with Gasteiger partial charge in [0.15, 0.2) is 5.16 Å². The van der Waals surface area contributed by atoms with E-state index in [1.165, 1.54) is 0 Å². The van der Waals surface area contributed by atoms with Crippen molar-refractivity contribution >= 4 is 23.5 Å². The molecule has 1 amide bonds. The van der Waals surface area contributed by atoms with Crippen molar-refractivity contribution in [1.29, 1.82) is 0 Å². The zero-order chi connectivity index (χ0) is 19.8. The Morgan fingerprint density at radius 1 is 1.29 bits per heavy atom. The SMILES string of the molecule is COCCNC(=O)c1cccc(CSc2nc(C)cc(N3CCOCC3)n2)c1. The van der Waals surface area contributed by atoms with E-state index in [2.05, 4.69) is 15.2 Å². The van der Waals surface area contributed by atoms with Crippen LogP contribution in [0.2, 0.25) is 0 Å². The zero-order valence-electron chi connectivity index (χ0n) is 16.3. The van der Waals surface area contributed by atoms with Gasteiger partial charge in [0, 0.05) is 49.8 Å². The first kappa shape index (κ1) is 20.6. The molecule has 8 heteroatoms. The van der Waals surface area contributed by atoms with E-state index in [4.69, 9.17) is 14.5 Å². The molecule has 0 bridgehead atoms. The van der Waals surface area contributed by atoms with Gasteiger partial charge < -0.3 is 19.7 Å². The summed E-state index contributed by atoms with van der Waals surface area (Å²) in [6.45, 7) is 6.13. The number of benzene rings is 1. The third kappa shape index (κ3) is 5.92. The monoisotopic (exact) mass is 402 g/mol. The summed E-state index contributed by atoms with van der Waals surface area (Å²) in [7, 11) is 1.61. The summed E-state index contributed by atoms with van der Waals surface area (Å²) in [5.74, 6) is 1.56. The number of aromatic nitrogens is 2. The average Bonchev–Trinajstić information content (AvgIpc) is 2.73. The van der Waals surface area contributed by atoms with Crippen LogP contribution in [-0.2, 0) is 15.2 Å². The average molecular weight is 403 g/mol. The highest BCUT2D eigenvalue weighted by Gasteiger charge is 2.14. The topological polar surface area (TPSA) is 76.6 Å². The molecule has 2 heterocycles. The normalized spacial score (nSPS) is 14.1. The van der Waals surface area contributed by atoms with E-state index in [0.29, 0.717) is 24.5 Å². The smallest absolute Gasteiger partial charge is 0.251 e. The predicted molar refractivity (Wildman–Crippen MR) is 110 cm³/mol. The van der Waals surface area contributed by atoms with Gasteiger partial charge in [-0.15, -0.1) is 0 Å². The van der Waals surface area contributed by atoms with Crippen molar-refractivity contribution in [3.05, 3.63) is 47.2 Å². The van der Waals surface area contributed by atoms with Crippen LogP contribution in [-0.4, -0.2) is 62.4 Å². The summed E-state index contributed by atoms with van der Waals surface area (Å²) < 4.78 is 10.4. The Morgan fingerprint density at radius 3 is 2.89 bits per heavy atom. The number of ether oxygens (including phenoxy) is 2. The second-order valence-electron chi connectivity index (χ2n) is 6.49. The Kier molecular flexibility index (Phi) is 7.64. The number of hydrogen-bond donors (Lipinski definition) is 1. The number of rotatable bonds is 8. The van der Waals surface area contributed by atoms with Gasteiger partial charge in [0.25, 0.3) is 5.91 Å². The van der Waals surface area contributed by atoms with Crippen molar-refractivity contribution in [2.45, 2.75) is 17.8 Å². The van der Waals surface area contributed by atoms with Crippen molar-refractivity contribution in [1.82, 2.24) is 15.3 Å². The van der Waals surface area contributed by atoms with Crippen molar-refractivity contribution in [3.63, 3.8) is 0 Å². The van der Waals surface area contributed by atoms with Gasteiger partial charge in [-0.3, -0.25) is 4.79 Å². The molecule has 0 aliphatic carbocycles. The maximum absolute atomic E-state index is 12.2. The molecule has 3 rings (SSSR count). The van der Waals surface area contributed by atoms with Crippen LogP contribution in [0.5, 0.6) is 0 Å². The van der Waals surface area contributed by atoms with E-state index in [-0.39, 0.29) is 5.91 Å². The van der Waals surface area contributed by atoms with Gasteiger partial charge in [-0.1, -0.05) is 23.9 Å². The molecule has 150 valence electrons. The highest BCUT2D eigenvalue weighted by molar-refractivity contribution is 7.98. The summed E-state index contributed by atoms with van der Waals surface area (Å²) >= 11 is 1.58. The van der Waals surface area contributed by atoms with E-state index in [1.54, 1.807) is 18.9 Å². The predicted octanol–water partition coefficient (Wildman–Crippen LogP) is 2.29. The zero-order valence-corrected chi connectivity index (χ0v) is 17.1. The number of thioether (sulfide) groups is 1. The van der Waals surface area contributed by atoms with Crippen molar-refractivity contribution in [2.75, 3.05) is 51.5 Å². The highest BCUT2D eigenvalue weighted by atomic mass is 32.2. The molecule has 7 nitrogen and oxygen atoms in total. The molecular weight excluding hydrogens is 376 g/mol. The number of aryl methyl sites for hydroxylation is 1. The van der Waals surface area contributed by atoms with Gasteiger partial charge in [-0.05, 0) is 24.6 Å². The minimum absolute atomic E-state index is 0.0923. The van der Waals surface area contributed by atoms with Gasteiger partial charge >= 0.3 is 0 Å². The van der Waals surface area contributed by atoms with Crippen molar-refractivity contribution in [2.24, 2.45) is 0 Å². The standard InChI is InChI=1S/C20H26N4O3S/c1-15-12-18(24-7-10-27-11-8-24)23-20(22-15)28-14-16-4-3-5-17(13-16)19(25)21-6-9-26-2/h3-5,12-13H,6-11,14H2,1-2H3,(H,21,25). The summed E-state index contributed by atoms with van der Waals surface area (Å²) in [4.78, 5) is 23.7. The van der Waals surface area contributed by atoms with E-state index in [1.807, 2.05) is 37.3 Å². The number of carbonyl (C=O) groups is 1. The molecule has 1 aromatic carbocycles. The summed E-state index contributed by atoms with van der Waals surface area (Å²) in [5, 5.41) is 3.59. The van der Waals surface area contributed by atoms with Crippen molar-refractivity contribution in [3.8, 4) is 0 Å². The molecule has 1 aromatic heterocycles. The van der Waals surface area contributed by atoms with E-state index in [0.717, 1.165) is 48.5 Å². The fourth-order valence-electron chi connectivity index (χ4n) is 2.86. The Balaban J connectivity index is 1.63. The van der Waals surface area contributed by atoms with E-state index >= 15 is 0 Å². The van der Waals surface area contributed by atoms with Crippen LogP contribution in [0.3, 0.4) is 0 Å². The quantitative estimate of drug-likeness (QED) is 0.412. The summed E-state index contributed by atoms with van der Waals surface area (Å²) in [6.07, 6.45) is 0. The first-order chi connectivity index (χ1) is 13.7. The number of hydrogen-bond acceptors (Lipinski definition) is 7. The Labute approximate surface area is 169 Å². The van der Waals surface area contributed by atoms with E-state index in [9.17, 15) is 4.79 Å². The lowest BCUT2D eigenvalue weighted by atomic mass is 10.1. The molecular formula is C20H26N4O3S. The number of amides is 1. The molecule has 0 atom stereocenters. The van der Waals surface area contributed by atoms with Crippen molar-refractivity contribution < 1.29 is 14.3 Å². The fraction of sp³-hybridized carbons (Fsp3) is 0.450. The number of carbonyl (C=O) groups excluding carboxylic acids is 1. The Hall–Kier alpha value is -2.16. The molecule has 0 unspecified atom stereocenters. The molecule has 1 aliphatic heterocycles. The van der Waals surface area contributed by atoms with Gasteiger partial charge in [0.1, 0.15) is 5.82 Å². The van der Waals surface area contributed by atoms with Crippen LogP contribution in [0.15, 0.2) is 35.5 Å². The van der Waals surface area contributed by atoms with E-state index < -0.39 is 0 Å². The Bertz CT molecular complexity index is 797. The number of methoxy groups -OCH3 is 1. The lowest BCUT2D eigenvalue weighted by molar-refractivity contribution is 0.0937. The number of anilines is 1. The lowest BCUT2D eigenvalue weighted by Gasteiger charge is -2.28. The van der Waals surface area contributed by atoms with Crippen LogP contribution in [0.4, 0.5) is 5.82 Å². The molecule has 0 radical (unpaired) electrons. The molecule has 1 fully saturated rings. The van der Waals surface area contributed by atoms with Gasteiger partial charge in [0.05, 0.1) is 19.8 Å². The second-order valence-corrected chi connectivity index (χ2v) is 7.43. The van der Waals surface area contributed by atoms with Crippen LogP contribution in [0.1, 0.15) is 21.6 Å². The minimum Gasteiger partial charge on any atom is -0.383 e. The van der Waals surface area contributed by atoms with Gasteiger partial charge in [-0.2, -0.15) is 0 Å². The van der Waals surface area contributed by atoms with Crippen LogP contribution >= 0.6 is 11.8 Å². The molecule has 2 aromatic rings. The number of morpholine rings is 1.